The quantitative estimate of drug-likeness (QED) is 0.703. The van der Waals surface area contributed by atoms with Crippen molar-refractivity contribution >= 4 is 34.2 Å². The Labute approximate surface area is 168 Å². The van der Waals surface area contributed by atoms with E-state index >= 15 is 0 Å². The molecule has 3 aromatic rings. The molecule has 150 valence electrons. The second-order valence-corrected chi connectivity index (χ2v) is 6.91. The highest BCUT2D eigenvalue weighted by atomic mass is 16.5. The minimum Gasteiger partial charge on any atom is -0.497 e. The van der Waals surface area contributed by atoms with E-state index in [4.69, 9.17) is 13.9 Å². The van der Waals surface area contributed by atoms with Crippen LogP contribution in [0.3, 0.4) is 0 Å². The molecule has 1 aromatic heterocycles. The number of carbonyl (C=O) groups excluding carboxylic acids is 2. The topological polar surface area (TPSA) is 81.0 Å². The molecule has 0 radical (unpaired) electrons. The first-order valence-electron chi connectivity index (χ1n) is 9.38. The van der Waals surface area contributed by atoms with Gasteiger partial charge in [-0.3, -0.25) is 9.59 Å². The first-order valence-corrected chi connectivity index (χ1v) is 9.38. The predicted octanol–water partition coefficient (Wildman–Crippen LogP) is 4.14. The molecule has 2 aromatic carbocycles. The Morgan fingerprint density at radius 1 is 1.14 bits per heavy atom. The summed E-state index contributed by atoms with van der Waals surface area (Å²) >= 11 is 0. The molecule has 29 heavy (non-hydrogen) atoms. The average Bonchev–Trinajstić information content (AvgIpc) is 3.30. The summed E-state index contributed by atoms with van der Waals surface area (Å²) in [6, 6.07) is 10.7. The summed E-state index contributed by atoms with van der Waals surface area (Å²) in [4.78, 5) is 26.6. The van der Waals surface area contributed by atoms with Gasteiger partial charge in [0.2, 0.25) is 5.91 Å². The van der Waals surface area contributed by atoms with Crippen LogP contribution in [0.5, 0.6) is 11.5 Å². The van der Waals surface area contributed by atoms with E-state index in [1.807, 2.05) is 13.0 Å². The molecule has 7 heteroatoms. The lowest BCUT2D eigenvalue weighted by atomic mass is 10.1. The van der Waals surface area contributed by atoms with Crippen molar-refractivity contribution in [3.8, 4) is 11.5 Å². The number of ether oxygens (including phenoxy) is 2. The van der Waals surface area contributed by atoms with Crippen molar-refractivity contribution < 1.29 is 23.5 Å². The van der Waals surface area contributed by atoms with Gasteiger partial charge in [0.15, 0.2) is 5.76 Å². The van der Waals surface area contributed by atoms with E-state index in [1.54, 1.807) is 49.5 Å². The van der Waals surface area contributed by atoms with Gasteiger partial charge in [-0.2, -0.15) is 0 Å². The summed E-state index contributed by atoms with van der Waals surface area (Å²) in [5.41, 5.74) is 2.62. The van der Waals surface area contributed by atoms with Crippen molar-refractivity contribution in [3.05, 3.63) is 47.7 Å². The Morgan fingerprint density at radius 3 is 2.66 bits per heavy atom. The summed E-state index contributed by atoms with van der Waals surface area (Å²) in [5.74, 6) is 1.19. The number of nitrogens with zero attached hydrogens (tertiary/aromatic N) is 1. The van der Waals surface area contributed by atoms with Gasteiger partial charge in [-0.15, -0.1) is 0 Å². The normalized spacial score (nSPS) is 13.8. The maximum Gasteiger partial charge on any atom is 0.291 e. The van der Waals surface area contributed by atoms with E-state index in [0.717, 1.165) is 17.4 Å². The van der Waals surface area contributed by atoms with Gasteiger partial charge in [0.25, 0.3) is 5.91 Å². The Bertz CT molecular complexity index is 1100. The fourth-order valence-electron chi connectivity index (χ4n) is 3.61. The van der Waals surface area contributed by atoms with Gasteiger partial charge >= 0.3 is 0 Å². The third-order valence-electron chi connectivity index (χ3n) is 5.15. The molecular formula is C22H22N2O5. The molecule has 1 saturated heterocycles. The zero-order chi connectivity index (χ0) is 20.5. The number of hydrogen-bond acceptors (Lipinski definition) is 5. The Kier molecular flexibility index (Phi) is 4.88. The van der Waals surface area contributed by atoms with E-state index in [1.165, 1.54) is 0 Å². The van der Waals surface area contributed by atoms with Crippen LogP contribution >= 0.6 is 0 Å². The second-order valence-electron chi connectivity index (χ2n) is 6.91. The maximum atomic E-state index is 12.8. The zero-order valence-corrected chi connectivity index (χ0v) is 16.6. The van der Waals surface area contributed by atoms with E-state index in [9.17, 15) is 9.59 Å². The maximum absolute atomic E-state index is 12.8. The summed E-state index contributed by atoms with van der Waals surface area (Å²) < 4.78 is 16.5. The summed E-state index contributed by atoms with van der Waals surface area (Å²) in [6.07, 6.45) is 1.37. The smallest absolute Gasteiger partial charge is 0.291 e. The van der Waals surface area contributed by atoms with Crippen LogP contribution in [-0.4, -0.2) is 32.6 Å². The number of aryl methyl sites for hydroxylation is 1. The first-order chi connectivity index (χ1) is 14.0. The van der Waals surface area contributed by atoms with Crippen LogP contribution in [0.1, 0.15) is 29.0 Å². The molecule has 0 atom stereocenters. The van der Waals surface area contributed by atoms with Crippen LogP contribution in [0.15, 0.2) is 40.8 Å². The number of nitrogens with one attached hydrogen (secondary N) is 1. The van der Waals surface area contributed by atoms with Crippen molar-refractivity contribution in [3.63, 3.8) is 0 Å². The van der Waals surface area contributed by atoms with Crippen LogP contribution < -0.4 is 19.7 Å². The van der Waals surface area contributed by atoms with Crippen molar-refractivity contribution in [2.75, 3.05) is 31.0 Å². The fraction of sp³-hybridized carbons (Fsp3) is 0.273. The molecule has 1 N–H and O–H groups in total. The van der Waals surface area contributed by atoms with Gasteiger partial charge in [0.05, 0.1) is 19.9 Å². The standard InChI is InChI=1S/C22H22N2O5/c1-13-16-12-15(27-2)7-9-18(16)29-21(13)22(26)23-14-6-8-17(19(11-14)28-3)24-10-4-5-20(24)25/h6-9,11-12H,4-5,10H2,1-3H3,(H,23,26). The lowest BCUT2D eigenvalue weighted by molar-refractivity contribution is -0.117. The number of amides is 2. The zero-order valence-electron chi connectivity index (χ0n) is 16.6. The molecule has 2 amide bonds. The molecule has 1 aliphatic heterocycles. The number of anilines is 2. The number of rotatable bonds is 5. The number of methoxy groups -OCH3 is 2. The van der Waals surface area contributed by atoms with Crippen molar-refractivity contribution in [2.24, 2.45) is 0 Å². The monoisotopic (exact) mass is 394 g/mol. The first kappa shape index (κ1) is 18.9. The van der Waals surface area contributed by atoms with Crippen molar-refractivity contribution in [2.45, 2.75) is 19.8 Å². The Balaban J connectivity index is 1.61. The molecule has 1 aliphatic rings. The van der Waals surface area contributed by atoms with E-state index in [0.29, 0.717) is 41.4 Å². The summed E-state index contributed by atoms with van der Waals surface area (Å²) in [6.45, 7) is 2.51. The summed E-state index contributed by atoms with van der Waals surface area (Å²) in [7, 11) is 3.14. The Hall–Kier alpha value is -3.48. The molecule has 1 fully saturated rings. The van der Waals surface area contributed by atoms with Crippen LogP contribution in [-0.2, 0) is 4.79 Å². The van der Waals surface area contributed by atoms with Gasteiger partial charge in [-0.05, 0) is 43.7 Å². The molecular weight excluding hydrogens is 372 g/mol. The third kappa shape index (κ3) is 3.40. The SMILES string of the molecule is COc1ccc2oc(C(=O)Nc3ccc(N4CCCC4=O)c(OC)c3)c(C)c2c1. The minimum atomic E-state index is -0.357. The molecule has 0 spiro atoms. The van der Waals surface area contributed by atoms with E-state index in [2.05, 4.69) is 5.32 Å². The molecule has 0 bridgehead atoms. The third-order valence-corrected chi connectivity index (χ3v) is 5.15. The highest BCUT2D eigenvalue weighted by Gasteiger charge is 2.25. The molecule has 0 unspecified atom stereocenters. The average molecular weight is 394 g/mol. The van der Waals surface area contributed by atoms with Gasteiger partial charge in [-0.1, -0.05) is 0 Å². The van der Waals surface area contributed by atoms with Gasteiger partial charge in [-0.25, -0.2) is 0 Å². The number of hydrogen-bond donors (Lipinski definition) is 1. The second kappa shape index (κ2) is 7.50. The van der Waals surface area contributed by atoms with E-state index in [-0.39, 0.29) is 17.6 Å². The van der Waals surface area contributed by atoms with Crippen molar-refractivity contribution in [1.29, 1.82) is 0 Å². The molecule has 2 heterocycles. The lowest BCUT2D eigenvalue weighted by Gasteiger charge is -2.19. The largest absolute Gasteiger partial charge is 0.497 e. The van der Waals surface area contributed by atoms with E-state index < -0.39 is 0 Å². The van der Waals surface area contributed by atoms with Gasteiger partial charge in [0, 0.05) is 35.7 Å². The van der Waals surface area contributed by atoms with Gasteiger partial charge < -0.3 is 24.1 Å². The highest BCUT2D eigenvalue weighted by Crippen LogP contribution is 2.34. The number of fused-ring (bicyclic) bond motifs is 1. The van der Waals surface area contributed by atoms with Crippen LogP contribution in [0.25, 0.3) is 11.0 Å². The van der Waals surface area contributed by atoms with Crippen molar-refractivity contribution in [1.82, 2.24) is 0 Å². The van der Waals surface area contributed by atoms with Crippen LogP contribution in [0.2, 0.25) is 0 Å². The number of carbonyl (C=O) groups is 2. The minimum absolute atomic E-state index is 0.0772. The Morgan fingerprint density at radius 2 is 1.97 bits per heavy atom. The summed E-state index contributed by atoms with van der Waals surface area (Å²) in [5, 5.41) is 3.67. The van der Waals surface area contributed by atoms with Crippen LogP contribution in [0, 0.1) is 6.92 Å². The molecule has 7 nitrogen and oxygen atoms in total. The molecule has 4 rings (SSSR count). The van der Waals surface area contributed by atoms with Gasteiger partial charge in [0.1, 0.15) is 17.1 Å². The molecule has 0 saturated carbocycles. The van der Waals surface area contributed by atoms with Crippen LogP contribution in [0.4, 0.5) is 11.4 Å². The lowest BCUT2D eigenvalue weighted by Crippen LogP contribution is -2.24. The fourth-order valence-corrected chi connectivity index (χ4v) is 3.61. The molecule has 0 aliphatic carbocycles. The predicted molar refractivity (Wildman–Crippen MR) is 110 cm³/mol. The number of furan rings is 1. The number of benzene rings is 2. The highest BCUT2D eigenvalue weighted by molar-refractivity contribution is 6.07.